The first kappa shape index (κ1) is 17.3. The predicted molar refractivity (Wildman–Crippen MR) is 79.3 cm³/mol. The predicted octanol–water partition coefficient (Wildman–Crippen LogP) is 2.87. The molecule has 2 N–H and O–H groups in total. The molecule has 0 aromatic heterocycles. The first-order chi connectivity index (χ1) is 10.4. The van der Waals surface area contributed by atoms with Crippen LogP contribution in [0.1, 0.15) is 12.5 Å². The van der Waals surface area contributed by atoms with E-state index in [9.17, 15) is 14.7 Å². The number of carbonyl (C=O) groups is 2. The third kappa shape index (κ3) is 4.14. The van der Waals surface area contributed by atoms with Crippen LogP contribution in [0.5, 0.6) is 0 Å². The third-order valence-corrected chi connectivity index (χ3v) is 2.72. The molecular formula is C14H13ClN2O5. The molecule has 8 heteroatoms. The summed E-state index contributed by atoms with van der Waals surface area (Å²) in [6.45, 7) is 1.77. The zero-order valence-electron chi connectivity index (χ0n) is 11.8. The Kier molecular flexibility index (Phi) is 6.23. The van der Waals surface area contributed by atoms with Gasteiger partial charge in [0.1, 0.15) is 11.8 Å². The van der Waals surface area contributed by atoms with Crippen LogP contribution in [-0.4, -0.2) is 30.9 Å². The fraction of sp³-hybridized carbons (Fsp3) is 0.214. The van der Waals surface area contributed by atoms with Crippen molar-refractivity contribution in [1.29, 1.82) is 5.26 Å². The van der Waals surface area contributed by atoms with Crippen LogP contribution in [0.15, 0.2) is 23.8 Å². The van der Waals surface area contributed by atoms with Crippen LogP contribution >= 0.6 is 11.6 Å². The lowest BCUT2D eigenvalue weighted by atomic mass is 10.1. The highest BCUT2D eigenvalue weighted by Crippen LogP contribution is 2.28. The SMILES string of the molecule is CCOC(=O)Nc1cc(Cl)ccc1/C(O)=C(\C#N)C(=O)OC. The van der Waals surface area contributed by atoms with E-state index in [0.29, 0.717) is 0 Å². The standard InChI is InChI=1S/C14H13ClN2O5/c1-3-22-14(20)17-11-6-8(15)4-5-9(11)12(18)10(7-16)13(19)21-2/h4-6,18H,3H2,1-2H3,(H,17,20)/b12-10-. The number of rotatable bonds is 4. The minimum Gasteiger partial charge on any atom is -0.506 e. The maximum absolute atomic E-state index is 11.5. The van der Waals surface area contributed by atoms with E-state index in [1.54, 1.807) is 13.0 Å². The highest BCUT2D eigenvalue weighted by Gasteiger charge is 2.20. The van der Waals surface area contributed by atoms with Gasteiger partial charge in [0, 0.05) is 10.6 Å². The molecule has 0 aliphatic carbocycles. The Labute approximate surface area is 131 Å². The van der Waals surface area contributed by atoms with Gasteiger partial charge >= 0.3 is 12.1 Å². The van der Waals surface area contributed by atoms with Crippen LogP contribution in [0.25, 0.3) is 5.76 Å². The van der Waals surface area contributed by atoms with E-state index in [1.807, 2.05) is 0 Å². The molecule has 7 nitrogen and oxygen atoms in total. The molecule has 0 aliphatic rings. The average Bonchev–Trinajstić information content (AvgIpc) is 2.47. The number of benzene rings is 1. The molecule has 0 radical (unpaired) electrons. The molecular weight excluding hydrogens is 312 g/mol. The number of nitrogens with zero attached hydrogens (tertiary/aromatic N) is 1. The molecule has 0 unspecified atom stereocenters. The smallest absolute Gasteiger partial charge is 0.411 e. The molecule has 0 heterocycles. The molecule has 0 fully saturated rings. The Bertz CT molecular complexity index is 664. The average molecular weight is 325 g/mol. The van der Waals surface area contributed by atoms with E-state index in [-0.39, 0.29) is 22.9 Å². The Morgan fingerprint density at radius 3 is 2.68 bits per heavy atom. The number of halogens is 1. The van der Waals surface area contributed by atoms with Crippen molar-refractivity contribution >= 4 is 35.1 Å². The number of carbonyl (C=O) groups excluding carboxylic acids is 2. The Balaban J connectivity index is 3.35. The summed E-state index contributed by atoms with van der Waals surface area (Å²) in [5.41, 5.74) is -0.490. The molecule has 0 aliphatic heterocycles. The number of amides is 1. The van der Waals surface area contributed by atoms with Crippen molar-refractivity contribution in [1.82, 2.24) is 0 Å². The summed E-state index contributed by atoms with van der Waals surface area (Å²) >= 11 is 5.84. The number of hydrogen-bond acceptors (Lipinski definition) is 6. The van der Waals surface area contributed by atoms with E-state index < -0.39 is 23.4 Å². The first-order valence-corrected chi connectivity index (χ1v) is 6.47. The van der Waals surface area contributed by atoms with Crippen LogP contribution in [0.2, 0.25) is 5.02 Å². The van der Waals surface area contributed by atoms with Gasteiger partial charge < -0.3 is 14.6 Å². The van der Waals surface area contributed by atoms with Gasteiger partial charge in [-0.2, -0.15) is 5.26 Å². The van der Waals surface area contributed by atoms with E-state index in [4.69, 9.17) is 21.6 Å². The normalized spacial score (nSPS) is 11.0. The van der Waals surface area contributed by atoms with Crippen molar-refractivity contribution in [3.63, 3.8) is 0 Å². The molecule has 116 valence electrons. The summed E-state index contributed by atoms with van der Waals surface area (Å²) < 4.78 is 9.14. The Morgan fingerprint density at radius 1 is 1.45 bits per heavy atom. The number of nitrogens with one attached hydrogen (secondary N) is 1. The van der Waals surface area contributed by atoms with Gasteiger partial charge in [0.15, 0.2) is 5.57 Å². The summed E-state index contributed by atoms with van der Waals surface area (Å²) in [5.74, 6) is -1.64. The minimum atomic E-state index is -1.00. The molecule has 1 rings (SSSR count). The molecule has 0 saturated heterocycles. The van der Waals surface area contributed by atoms with Crippen molar-refractivity contribution in [2.24, 2.45) is 0 Å². The van der Waals surface area contributed by atoms with Gasteiger partial charge in [-0.25, -0.2) is 9.59 Å². The number of aliphatic hydroxyl groups excluding tert-OH is 1. The van der Waals surface area contributed by atoms with Gasteiger partial charge in [-0.15, -0.1) is 0 Å². The molecule has 1 aromatic carbocycles. The van der Waals surface area contributed by atoms with Crippen molar-refractivity contribution in [3.05, 3.63) is 34.4 Å². The second kappa shape index (κ2) is 7.90. The van der Waals surface area contributed by atoms with Gasteiger partial charge in [0.2, 0.25) is 0 Å². The molecule has 0 spiro atoms. The first-order valence-electron chi connectivity index (χ1n) is 6.09. The van der Waals surface area contributed by atoms with Crippen molar-refractivity contribution in [2.45, 2.75) is 6.92 Å². The maximum Gasteiger partial charge on any atom is 0.411 e. The fourth-order valence-corrected chi connectivity index (χ4v) is 1.71. The van der Waals surface area contributed by atoms with E-state index in [2.05, 4.69) is 10.1 Å². The molecule has 0 bridgehead atoms. The Morgan fingerprint density at radius 2 is 2.14 bits per heavy atom. The van der Waals surface area contributed by atoms with Gasteiger partial charge in [0.05, 0.1) is 19.4 Å². The molecule has 22 heavy (non-hydrogen) atoms. The number of anilines is 1. The number of aliphatic hydroxyl groups is 1. The van der Waals surface area contributed by atoms with Crippen molar-refractivity contribution in [3.8, 4) is 6.07 Å². The highest BCUT2D eigenvalue weighted by molar-refractivity contribution is 6.31. The second-order valence-electron chi connectivity index (χ2n) is 3.86. The van der Waals surface area contributed by atoms with Crippen LogP contribution in [0.4, 0.5) is 10.5 Å². The zero-order chi connectivity index (χ0) is 16.7. The van der Waals surface area contributed by atoms with Crippen LogP contribution in [0, 0.1) is 11.3 Å². The van der Waals surface area contributed by atoms with Crippen LogP contribution < -0.4 is 5.32 Å². The van der Waals surface area contributed by atoms with Crippen LogP contribution in [0.3, 0.4) is 0 Å². The highest BCUT2D eigenvalue weighted by atomic mass is 35.5. The number of ether oxygens (including phenoxy) is 2. The molecule has 0 saturated carbocycles. The molecule has 1 aromatic rings. The van der Waals surface area contributed by atoms with Crippen molar-refractivity contribution in [2.75, 3.05) is 19.0 Å². The summed E-state index contributed by atoms with van der Waals surface area (Å²) in [4.78, 5) is 23.0. The topological polar surface area (TPSA) is 109 Å². The lowest BCUT2D eigenvalue weighted by Crippen LogP contribution is -2.15. The van der Waals surface area contributed by atoms with Crippen molar-refractivity contribution < 1.29 is 24.2 Å². The Hall–Kier alpha value is -2.72. The summed E-state index contributed by atoms with van der Waals surface area (Å²) in [6.07, 6.45) is -0.768. The maximum atomic E-state index is 11.5. The van der Waals surface area contributed by atoms with E-state index in [1.165, 1.54) is 18.2 Å². The van der Waals surface area contributed by atoms with Gasteiger partial charge in [-0.05, 0) is 25.1 Å². The van der Waals surface area contributed by atoms with Gasteiger partial charge in [-0.3, -0.25) is 5.32 Å². The van der Waals surface area contributed by atoms with Gasteiger partial charge in [-0.1, -0.05) is 11.6 Å². The minimum absolute atomic E-state index is 0.0272. The summed E-state index contributed by atoms with van der Waals surface area (Å²) in [7, 11) is 1.08. The zero-order valence-corrected chi connectivity index (χ0v) is 12.6. The lowest BCUT2D eigenvalue weighted by molar-refractivity contribution is -0.135. The van der Waals surface area contributed by atoms with Gasteiger partial charge in [0.25, 0.3) is 0 Å². The lowest BCUT2D eigenvalue weighted by Gasteiger charge is -2.12. The number of esters is 1. The number of nitriles is 1. The quantitative estimate of drug-likeness (QED) is 0.381. The third-order valence-electron chi connectivity index (χ3n) is 2.49. The summed E-state index contributed by atoms with van der Waals surface area (Å²) in [6, 6.07) is 5.67. The fourth-order valence-electron chi connectivity index (χ4n) is 1.54. The number of methoxy groups -OCH3 is 1. The van der Waals surface area contributed by atoms with Crippen LogP contribution in [-0.2, 0) is 14.3 Å². The molecule has 0 atom stereocenters. The van der Waals surface area contributed by atoms with E-state index in [0.717, 1.165) is 7.11 Å². The largest absolute Gasteiger partial charge is 0.506 e. The van der Waals surface area contributed by atoms with E-state index >= 15 is 0 Å². The second-order valence-corrected chi connectivity index (χ2v) is 4.30. The number of hydrogen-bond donors (Lipinski definition) is 2. The summed E-state index contributed by atoms with van der Waals surface area (Å²) in [5, 5.41) is 21.7. The monoisotopic (exact) mass is 324 g/mol. The molecule has 1 amide bonds.